The maximum Gasteiger partial charge on any atom is 0.245 e. The molecule has 2 unspecified atom stereocenters. The van der Waals surface area contributed by atoms with Crippen LogP contribution < -0.4 is 5.32 Å². The predicted octanol–water partition coefficient (Wildman–Crippen LogP) is 2.41. The topological polar surface area (TPSA) is 69.6 Å². The van der Waals surface area contributed by atoms with E-state index in [2.05, 4.69) is 11.9 Å². The Labute approximate surface area is 153 Å². The summed E-state index contributed by atoms with van der Waals surface area (Å²) in [5, 5.41) is 15.4. The highest BCUT2D eigenvalue weighted by atomic mass is 16.3. The summed E-state index contributed by atoms with van der Waals surface area (Å²) in [6.45, 7) is 4.71. The third-order valence-corrected chi connectivity index (χ3v) is 4.93. The van der Waals surface area contributed by atoms with Crippen LogP contribution in [0.1, 0.15) is 24.5 Å². The zero-order chi connectivity index (χ0) is 18.5. The highest BCUT2D eigenvalue weighted by Crippen LogP contribution is 2.24. The summed E-state index contributed by atoms with van der Waals surface area (Å²) in [6.07, 6.45) is 2.05. The van der Waals surface area contributed by atoms with Gasteiger partial charge < -0.3 is 15.3 Å². The van der Waals surface area contributed by atoms with E-state index in [9.17, 15) is 14.7 Å². The molecule has 1 aliphatic rings. The number of nitrogens with zero attached hydrogens (tertiary/aromatic N) is 1. The number of aliphatic hydroxyl groups excluding tert-OH is 1. The van der Waals surface area contributed by atoms with Gasteiger partial charge in [-0.3, -0.25) is 9.59 Å². The molecule has 0 saturated carbocycles. The minimum atomic E-state index is -0.778. The fourth-order valence-corrected chi connectivity index (χ4v) is 3.51. The molecule has 0 radical (unpaired) electrons. The van der Waals surface area contributed by atoms with Gasteiger partial charge in [0.25, 0.3) is 0 Å². The van der Waals surface area contributed by atoms with E-state index in [0.29, 0.717) is 13.1 Å². The van der Waals surface area contributed by atoms with Crippen LogP contribution in [0, 0.1) is 5.92 Å². The molecular weight excluding hydrogens is 328 g/mol. The van der Waals surface area contributed by atoms with Crippen LogP contribution in [0.25, 0.3) is 10.8 Å². The number of fused-ring (bicyclic) bond motifs is 1. The Morgan fingerprint density at radius 1 is 1.27 bits per heavy atom. The van der Waals surface area contributed by atoms with E-state index >= 15 is 0 Å². The average Bonchev–Trinajstić information content (AvgIpc) is 2.70. The Morgan fingerprint density at radius 3 is 2.85 bits per heavy atom. The minimum absolute atomic E-state index is 0.120. The smallest absolute Gasteiger partial charge is 0.245 e. The van der Waals surface area contributed by atoms with Gasteiger partial charge in [-0.05, 0) is 35.3 Å². The van der Waals surface area contributed by atoms with E-state index in [1.54, 1.807) is 4.90 Å². The Morgan fingerprint density at radius 2 is 2.04 bits per heavy atom. The number of rotatable bonds is 5. The Kier molecular flexibility index (Phi) is 5.68. The molecule has 2 amide bonds. The molecule has 1 aliphatic heterocycles. The van der Waals surface area contributed by atoms with Gasteiger partial charge in [-0.1, -0.05) is 49.0 Å². The van der Waals surface area contributed by atoms with Gasteiger partial charge in [0, 0.05) is 19.6 Å². The summed E-state index contributed by atoms with van der Waals surface area (Å²) in [6, 6.07) is 13.6. The number of piperidine rings is 1. The molecule has 1 heterocycles. The van der Waals surface area contributed by atoms with Crippen molar-refractivity contribution in [2.45, 2.75) is 18.9 Å². The van der Waals surface area contributed by atoms with Gasteiger partial charge in [0.2, 0.25) is 11.8 Å². The molecule has 2 aromatic rings. The first-order valence-corrected chi connectivity index (χ1v) is 8.95. The number of carbonyl (C=O) groups excluding carboxylic acids is 2. The van der Waals surface area contributed by atoms with Crippen molar-refractivity contribution in [3.63, 3.8) is 0 Å². The lowest BCUT2D eigenvalue weighted by Crippen LogP contribution is -2.45. The van der Waals surface area contributed by atoms with E-state index < -0.39 is 6.10 Å². The van der Waals surface area contributed by atoms with Crippen LogP contribution >= 0.6 is 0 Å². The summed E-state index contributed by atoms with van der Waals surface area (Å²) in [7, 11) is 0. The summed E-state index contributed by atoms with van der Waals surface area (Å²) < 4.78 is 0. The zero-order valence-corrected chi connectivity index (χ0v) is 14.7. The van der Waals surface area contributed by atoms with Crippen molar-refractivity contribution >= 4 is 22.6 Å². The Bertz CT molecular complexity index is 813. The monoisotopic (exact) mass is 352 g/mol. The van der Waals surface area contributed by atoms with E-state index in [0.717, 1.165) is 29.2 Å². The first-order valence-electron chi connectivity index (χ1n) is 8.95. The van der Waals surface area contributed by atoms with Crippen LogP contribution in [0.5, 0.6) is 0 Å². The number of hydrogen-bond donors (Lipinski definition) is 2. The van der Waals surface area contributed by atoms with Gasteiger partial charge in [-0.15, -0.1) is 0 Å². The molecule has 0 bridgehead atoms. The number of hydrogen-bond acceptors (Lipinski definition) is 3. The summed E-state index contributed by atoms with van der Waals surface area (Å²) in [5.74, 6) is -0.503. The quantitative estimate of drug-likeness (QED) is 0.812. The standard InChI is InChI=1S/C21H24N2O3/c1-2-20(25)23-12-6-9-16(14-23)21(26)22-13-19(24)18-11-5-8-15-7-3-4-10-17(15)18/h2-5,7-8,10-11,16,19,24H,1,6,9,12-14H2,(H,22,26). The van der Waals surface area contributed by atoms with Gasteiger partial charge in [-0.2, -0.15) is 0 Å². The van der Waals surface area contributed by atoms with Crippen molar-refractivity contribution < 1.29 is 14.7 Å². The fourth-order valence-electron chi connectivity index (χ4n) is 3.51. The largest absolute Gasteiger partial charge is 0.387 e. The second kappa shape index (κ2) is 8.15. The summed E-state index contributed by atoms with van der Waals surface area (Å²) >= 11 is 0. The molecule has 0 spiro atoms. The molecule has 0 aromatic heterocycles. The van der Waals surface area contributed by atoms with Crippen LogP contribution in [0.2, 0.25) is 0 Å². The van der Waals surface area contributed by atoms with Crippen molar-refractivity contribution in [1.29, 1.82) is 0 Å². The van der Waals surface area contributed by atoms with Crippen molar-refractivity contribution in [3.8, 4) is 0 Å². The number of nitrogens with one attached hydrogen (secondary N) is 1. The molecular formula is C21H24N2O3. The van der Waals surface area contributed by atoms with Gasteiger partial charge >= 0.3 is 0 Å². The highest BCUT2D eigenvalue weighted by Gasteiger charge is 2.27. The predicted molar refractivity (Wildman–Crippen MR) is 101 cm³/mol. The summed E-state index contributed by atoms with van der Waals surface area (Å²) in [5.41, 5.74) is 0.801. The van der Waals surface area contributed by atoms with Crippen molar-refractivity contribution in [2.75, 3.05) is 19.6 Å². The van der Waals surface area contributed by atoms with E-state index in [4.69, 9.17) is 0 Å². The first-order chi connectivity index (χ1) is 12.6. The average molecular weight is 352 g/mol. The van der Waals surface area contributed by atoms with E-state index in [-0.39, 0.29) is 24.3 Å². The lowest BCUT2D eigenvalue weighted by molar-refractivity contribution is -0.132. The van der Waals surface area contributed by atoms with Crippen LogP contribution in [0.4, 0.5) is 0 Å². The lowest BCUT2D eigenvalue weighted by atomic mass is 9.96. The Balaban J connectivity index is 1.62. The number of carbonyl (C=O) groups is 2. The van der Waals surface area contributed by atoms with Crippen LogP contribution in [0.3, 0.4) is 0 Å². The third kappa shape index (κ3) is 3.94. The van der Waals surface area contributed by atoms with Gasteiger partial charge in [0.05, 0.1) is 12.0 Å². The van der Waals surface area contributed by atoms with Crippen molar-refractivity contribution in [2.24, 2.45) is 5.92 Å². The van der Waals surface area contributed by atoms with E-state index in [1.165, 1.54) is 6.08 Å². The maximum atomic E-state index is 12.5. The second-order valence-corrected chi connectivity index (χ2v) is 6.66. The summed E-state index contributed by atoms with van der Waals surface area (Å²) in [4.78, 5) is 25.9. The van der Waals surface area contributed by atoms with Gasteiger partial charge in [-0.25, -0.2) is 0 Å². The third-order valence-electron chi connectivity index (χ3n) is 4.93. The molecule has 2 atom stereocenters. The molecule has 2 N–H and O–H groups in total. The Hall–Kier alpha value is -2.66. The molecule has 5 nitrogen and oxygen atoms in total. The zero-order valence-electron chi connectivity index (χ0n) is 14.7. The van der Waals surface area contributed by atoms with Gasteiger partial charge in [0.1, 0.15) is 0 Å². The van der Waals surface area contributed by atoms with Crippen LogP contribution in [-0.4, -0.2) is 41.5 Å². The molecule has 2 aromatic carbocycles. The number of likely N-dealkylation sites (tertiary alicyclic amines) is 1. The molecule has 5 heteroatoms. The fraction of sp³-hybridized carbons (Fsp3) is 0.333. The first kappa shape index (κ1) is 18.1. The molecule has 1 fully saturated rings. The lowest BCUT2D eigenvalue weighted by Gasteiger charge is -2.31. The van der Waals surface area contributed by atoms with Crippen molar-refractivity contribution in [3.05, 3.63) is 60.7 Å². The van der Waals surface area contributed by atoms with Crippen LogP contribution in [0.15, 0.2) is 55.1 Å². The SMILES string of the molecule is C=CC(=O)N1CCCC(C(=O)NCC(O)c2cccc3ccccc23)C1. The molecule has 136 valence electrons. The second-order valence-electron chi connectivity index (χ2n) is 6.66. The number of amides is 2. The minimum Gasteiger partial charge on any atom is -0.387 e. The number of benzene rings is 2. The molecule has 3 rings (SSSR count). The normalized spacial score (nSPS) is 18.3. The molecule has 1 saturated heterocycles. The molecule has 0 aliphatic carbocycles. The van der Waals surface area contributed by atoms with Crippen molar-refractivity contribution in [1.82, 2.24) is 10.2 Å². The van der Waals surface area contributed by atoms with E-state index in [1.807, 2.05) is 42.5 Å². The van der Waals surface area contributed by atoms with Gasteiger partial charge in [0.15, 0.2) is 0 Å². The highest BCUT2D eigenvalue weighted by molar-refractivity contribution is 5.88. The number of aliphatic hydroxyl groups is 1. The van der Waals surface area contributed by atoms with Crippen LogP contribution in [-0.2, 0) is 9.59 Å². The molecule has 26 heavy (non-hydrogen) atoms. The maximum absolute atomic E-state index is 12.5.